The van der Waals surface area contributed by atoms with E-state index in [1.165, 1.54) is 22.5 Å². The number of para-hydroxylation sites is 1. The Morgan fingerprint density at radius 3 is 2.45 bits per heavy atom. The van der Waals surface area contributed by atoms with Gasteiger partial charge in [0.25, 0.3) is 15.9 Å². The van der Waals surface area contributed by atoms with Crippen LogP contribution in [0.2, 0.25) is 5.02 Å². The van der Waals surface area contributed by atoms with Gasteiger partial charge >= 0.3 is 0 Å². The van der Waals surface area contributed by atoms with Crippen molar-refractivity contribution in [2.75, 3.05) is 24.5 Å². The summed E-state index contributed by atoms with van der Waals surface area (Å²) >= 11 is 6.25. The molecule has 0 saturated carbocycles. The second kappa shape index (κ2) is 10.7. The molecular formula is C25H27ClN2O4S. The first kappa shape index (κ1) is 24.6. The Kier molecular flexibility index (Phi) is 8.00. The van der Waals surface area contributed by atoms with Gasteiger partial charge in [0.05, 0.1) is 28.3 Å². The molecule has 3 rings (SSSR count). The Morgan fingerprint density at radius 1 is 1.06 bits per heavy atom. The number of hydrogen-bond acceptors (Lipinski definition) is 4. The van der Waals surface area contributed by atoms with E-state index < -0.39 is 15.9 Å². The molecule has 0 unspecified atom stereocenters. The van der Waals surface area contributed by atoms with Crippen LogP contribution in [0.4, 0.5) is 5.69 Å². The lowest BCUT2D eigenvalue weighted by Gasteiger charge is -2.23. The van der Waals surface area contributed by atoms with Crippen molar-refractivity contribution >= 4 is 33.2 Å². The maximum atomic E-state index is 13.3. The minimum absolute atomic E-state index is 0.00288. The topological polar surface area (TPSA) is 75.7 Å². The molecule has 174 valence electrons. The minimum Gasteiger partial charge on any atom is -0.496 e. The van der Waals surface area contributed by atoms with Gasteiger partial charge in [-0.15, -0.1) is 0 Å². The summed E-state index contributed by atoms with van der Waals surface area (Å²) in [4.78, 5) is 12.8. The van der Waals surface area contributed by atoms with Crippen LogP contribution < -0.4 is 14.4 Å². The molecule has 3 aromatic rings. The van der Waals surface area contributed by atoms with Crippen molar-refractivity contribution in [2.24, 2.45) is 0 Å². The SMILES string of the molecule is CCN(c1ccccc1)S(=O)(=O)c1ccc(Cl)c(C(=O)NCCc2cc(C)ccc2OC)c1. The highest BCUT2D eigenvalue weighted by Gasteiger charge is 2.25. The number of sulfonamides is 1. The zero-order chi connectivity index (χ0) is 24.0. The van der Waals surface area contributed by atoms with Gasteiger partial charge in [0, 0.05) is 13.1 Å². The fraction of sp³-hybridized carbons (Fsp3) is 0.240. The second-order valence-electron chi connectivity index (χ2n) is 7.47. The number of ether oxygens (including phenoxy) is 1. The first-order valence-electron chi connectivity index (χ1n) is 10.6. The van der Waals surface area contributed by atoms with Crippen LogP contribution in [0.15, 0.2) is 71.6 Å². The first-order chi connectivity index (χ1) is 15.8. The molecule has 0 aliphatic rings. The minimum atomic E-state index is -3.88. The molecule has 0 aromatic heterocycles. The summed E-state index contributed by atoms with van der Waals surface area (Å²) < 4.78 is 33.3. The van der Waals surface area contributed by atoms with Crippen molar-refractivity contribution in [3.63, 3.8) is 0 Å². The lowest BCUT2D eigenvalue weighted by molar-refractivity contribution is 0.0954. The third-order valence-electron chi connectivity index (χ3n) is 5.22. The molecule has 0 saturated heterocycles. The van der Waals surface area contributed by atoms with E-state index >= 15 is 0 Å². The number of carbonyl (C=O) groups excluding carboxylic acids is 1. The van der Waals surface area contributed by atoms with Gasteiger partial charge in [0.1, 0.15) is 5.75 Å². The predicted molar refractivity (Wildman–Crippen MR) is 132 cm³/mol. The van der Waals surface area contributed by atoms with Crippen LogP contribution in [0.3, 0.4) is 0 Å². The summed E-state index contributed by atoms with van der Waals surface area (Å²) in [6.07, 6.45) is 0.559. The number of nitrogens with one attached hydrogen (secondary N) is 1. The molecule has 0 bridgehead atoms. The van der Waals surface area contributed by atoms with E-state index in [1.54, 1.807) is 38.3 Å². The van der Waals surface area contributed by atoms with Gasteiger partial charge in [0.15, 0.2) is 0 Å². The fourth-order valence-corrected chi connectivity index (χ4v) is 5.26. The van der Waals surface area contributed by atoms with Gasteiger partial charge in [-0.25, -0.2) is 8.42 Å². The molecule has 0 atom stereocenters. The third-order valence-corrected chi connectivity index (χ3v) is 7.45. The standard InChI is InChI=1S/C25H27ClN2O4S/c1-4-28(20-8-6-5-7-9-20)33(30,31)21-11-12-23(26)22(17-21)25(29)27-15-14-19-16-18(2)10-13-24(19)32-3/h5-13,16-17H,4,14-15H2,1-3H3,(H,27,29). The van der Waals surface area contributed by atoms with Crippen molar-refractivity contribution in [3.8, 4) is 5.75 Å². The van der Waals surface area contributed by atoms with E-state index in [0.717, 1.165) is 16.9 Å². The number of carbonyl (C=O) groups is 1. The molecule has 0 aliphatic heterocycles. The number of benzene rings is 3. The summed E-state index contributed by atoms with van der Waals surface area (Å²) in [5, 5.41) is 3.01. The van der Waals surface area contributed by atoms with Crippen LogP contribution in [0.25, 0.3) is 0 Å². The third kappa shape index (κ3) is 5.67. The van der Waals surface area contributed by atoms with Crippen molar-refractivity contribution in [1.29, 1.82) is 0 Å². The van der Waals surface area contributed by atoms with Crippen LogP contribution in [0, 0.1) is 6.92 Å². The largest absolute Gasteiger partial charge is 0.496 e. The Labute approximate surface area is 200 Å². The van der Waals surface area contributed by atoms with E-state index in [-0.39, 0.29) is 22.0 Å². The average molecular weight is 487 g/mol. The van der Waals surface area contributed by atoms with E-state index in [4.69, 9.17) is 16.3 Å². The average Bonchev–Trinajstić information content (AvgIpc) is 2.80. The highest BCUT2D eigenvalue weighted by molar-refractivity contribution is 7.92. The van der Waals surface area contributed by atoms with Crippen LogP contribution in [-0.4, -0.2) is 34.5 Å². The van der Waals surface area contributed by atoms with Gasteiger partial charge in [-0.05, 0) is 62.2 Å². The monoisotopic (exact) mass is 486 g/mol. The van der Waals surface area contributed by atoms with Gasteiger partial charge in [0.2, 0.25) is 0 Å². The van der Waals surface area contributed by atoms with Crippen molar-refractivity contribution in [3.05, 3.63) is 88.4 Å². The van der Waals surface area contributed by atoms with E-state index in [2.05, 4.69) is 5.32 Å². The zero-order valence-corrected chi connectivity index (χ0v) is 20.4. The number of aryl methyl sites for hydroxylation is 1. The number of amides is 1. The lowest BCUT2D eigenvalue weighted by atomic mass is 10.1. The summed E-state index contributed by atoms with van der Waals surface area (Å²) in [5.74, 6) is 0.313. The molecule has 0 heterocycles. The van der Waals surface area contributed by atoms with Crippen molar-refractivity contribution < 1.29 is 17.9 Å². The summed E-state index contributed by atoms with van der Waals surface area (Å²) in [6, 6.07) is 18.9. The molecule has 0 radical (unpaired) electrons. The van der Waals surface area contributed by atoms with Gasteiger partial charge < -0.3 is 10.1 Å². The Hall–Kier alpha value is -3.03. The lowest BCUT2D eigenvalue weighted by Crippen LogP contribution is -2.31. The molecule has 0 spiro atoms. The smallest absolute Gasteiger partial charge is 0.264 e. The number of methoxy groups -OCH3 is 1. The van der Waals surface area contributed by atoms with Gasteiger partial charge in [-0.3, -0.25) is 9.10 Å². The predicted octanol–water partition coefficient (Wildman–Crippen LogP) is 4.84. The Bertz CT molecular complexity index is 1230. The normalized spacial score (nSPS) is 11.2. The van der Waals surface area contributed by atoms with Crippen molar-refractivity contribution in [1.82, 2.24) is 5.32 Å². The maximum absolute atomic E-state index is 13.3. The summed E-state index contributed by atoms with van der Waals surface area (Å²) in [5.41, 5.74) is 2.73. The molecule has 0 fully saturated rings. The summed E-state index contributed by atoms with van der Waals surface area (Å²) in [7, 11) is -2.27. The Balaban J connectivity index is 1.79. The number of halogens is 1. The zero-order valence-electron chi connectivity index (χ0n) is 18.8. The fourth-order valence-electron chi connectivity index (χ4n) is 3.56. The molecule has 1 amide bonds. The number of anilines is 1. The first-order valence-corrected chi connectivity index (χ1v) is 12.4. The summed E-state index contributed by atoms with van der Waals surface area (Å²) in [6.45, 7) is 4.34. The van der Waals surface area contributed by atoms with E-state index in [9.17, 15) is 13.2 Å². The van der Waals surface area contributed by atoms with Gasteiger partial charge in [-0.1, -0.05) is 47.5 Å². The van der Waals surface area contributed by atoms with Crippen LogP contribution in [0.5, 0.6) is 5.75 Å². The molecule has 33 heavy (non-hydrogen) atoms. The number of nitrogens with zero attached hydrogens (tertiary/aromatic N) is 1. The molecule has 0 aliphatic carbocycles. The highest BCUT2D eigenvalue weighted by atomic mass is 35.5. The van der Waals surface area contributed by atoms with Crippen LogP contribution in [-0.2, 0) is 16.4 Å². The van der Waals surface area contributed by atoms with E-state index in [1.807, 2.05) is 31.2 Å². The number of hydrogen-bond donors (Lipinski definition) is 1. The maximum Gasteiger partial charge on any atom is 0.264 e. The second-order valence-corrected chi connectivity index (χ2v) is 9.74. The molecular weight excluding hydrogens is 460 g/mol. The molecule has 1 N–H and O–H groups in total. The molecule has 6 nitrogen and oxygen atoms in total. The van der Waals surface area contributed by atoms with Crippen molar-refractivity contribution in [2.45, 2.75) is 25.2 Å². The van der Waals surface area contributed by atoms with Crippen LogP contribution in [0.1, 0.15) is 28.4 Å². The van der Waals surface area contributed by atoms with E-state index in [0.29, 0.717) is 18.7 Å². The van der Waals surface area contributed by atoms with Gasteiger partial charge in [-0.2, -0.15) is 0 Å². The molecule has 8 heteroatoms. The highest BCUT2D eigenvalue weighted by Crippen LogP contribution is 2.27. The number of rotatable bonds is 9. The molecule has 3 aromatic carbocycles. The van der Waals surface area contributed by atoms with Crippen LogP contribution >= 0.6 is 11.6 Å². The quantitative estimate of drug-likeness (QED) is 0.469. The Morgan fingerprint density at radius 2 is 1.79 bits per heavy atom.